The number of rotatable bonds is 6. The maximum atomic E-state index is 14.2. The molecule has 0 radical (unpaired) electrons. The minimum atomic E-state index is -0.830. The van der Waals surface area contributed by atoms with E-state index in [1.807, 2.05) is 6.20 Å². The number of thiazole rings is 1. The topological polar surface area (TPSA) is 140 Å². The van der Waals surface area contributed by atoms with Gasteiger partial charge in [-0.3, -0.25) is 24.4 Å². The van der Waals surface area contributed by atoms with Gasteiger partial charge >= 0.3 is 5.97 Å². The average Bonchev–Trinajstić information content (AvgIpc) is 3.64. The van der Waals surface area contributed by atoms with Crippen LogP contribution in [0.4, 0.5) is 5.69 Å². The van der Waals surface area contributed by atoms with E-state index in [9.17, 15) is 14.4 Å². The molecule has 1 aromatic carbocycles. The first-order chi connectivity index (χ1) is 28.7. The Bertz CT molecular complexity index is 2330. The number of carbonyl (C=O) groups excluding carboxylic acids is 3. The summed E-state index contributed by atoms with van der Waals surface area (Å²) in [5.41, 5.74) is 12.1. The summed E-state index contributed by atoms with van der Waals surface area (Å²) in [6.07, 6.45) is 6.40. The zero-order valence-electron chi connectivity index (χ0n) is 36.1. The predicted octanol–water partition coefficient (Wildman–Crippen LogP) is 6.36. The van der Waals surface area contributed by atoms with Crippen LogP contribution in [0.25, 0.3) is 33.4 Å². The molecule has 2 N–H and O–H groups in total. The van der Waals surface area contributed by atoms with Crippen LogP contribution in [0.3, 0.4) is 0 Å². The van der Waals surface area contributed by atoms with Crippen molar-refractivity contribution in [2.75, 3.05) is 51.5 Å². The lowest BCUT2D eigenvalue weighted by atomic mass is 9.84. The molecule has 5 atom stereocenters. The van der Waals surface area contributed by atoms with Crippen LogP contribution in [0.15, 0.2) is 29.8 Å². The molecule has 0 spiro atoms. The monoisotopic (exact) mass is 837 g/mol. The molecule has 60 heavy (non-hydrogen) atoms. The van der Waals surface area contributed by atoms with Crippen LogP contribution in [-0.4, -0.2) is 96.0 Å². The second kappa shape index (κ2) is 15.8. The highest BCUT2D eigenvalue weighted by atomic mass is 32.1. The molecule has 4 aromatic rings. The van der Waals surface area contributed by atoms with Crippen molar-refractivity contribution < 1.29 is 28.6 Å². The standard InChI is InChI=1S/C46H59N7O6S/c1-26-17-31(26)42(54)49-36-21-38-48-37(24-60-38)29-18-28-10-11-46(5,6)53-40(28)32(19-29)34(22-45(3,4)25-59-44(56)35-9-8-12-52(50-35)43(36)55)41(53)33-20-30(51-13-15-58-16-14-51)23-47-39(33)27(2)57-7/h18-20,23-24,26-27,31,35-36,50H,8-17,21-22,25H2,1-7H3,(H,49,54)/t26-,27-,31-,35-,36-/m0/s1. The van der Waals surface area contributed by atoms with E-state index >= 15 is 0 Å². The molecule has 13 nitrogen and oxygen atoms in total. The van der Waals surface area contributed by atoms with Gasteiger partial charge < -0.3 is 29.0 Å². The number of carbonyl (C=O) groups is 3. The third-order valence-corrected chi connectivity index (χ3v) is 14.3. The van der Waals surface area contributed by atoms with Crippen LogP contribution < -0.4 is 15.6 Å². The Morgan fingerprint density at radius 2 is 1.90 bits per heavy atom. The molecule has 2 saturated heterocycles. The normalized spacial score (nSPS) is 25.7. The number of nitrogens with one attached hydrogen (secondary N) is 2. The highest BCUT2D eigenvalue weighted by molar-refractivity contribution is 7.10. The quantitative estimate of drug-likeness (QED) is 0.211. The summed E-state index contributed by atoms with van der Waals surface area (Å²) in [6.45, 7) is 16.6. The molecule has 6 bridgehead atoms. The molecule has 7 heterocycles. The number of morpholine rings is 1. The van der Waals surface area contributed by atoms with E-state index in [-0.39, 0.29) is 48.4 Å². The van der Waals surface area contributed by atoms with Crippen molar-refractivity contribution in [1.29, 1.82) is 0 Å². The van der Waals surface area contributed by atoms with Crippen LogP contribution >= 0.6 is 11.3 Å². The van der Waals surface area contributed by atoms with Gasteiger partial charge in [-0.1, -0.05) is 20.8 Å². The summed E-state index contributed by atoms with van der Waals surface area (Å²) in [5, 5.41) is 8.58. The zero-order chi connectivity index (χ0) is 42.1. The number of aryl methyl sites for hydroxylation is 1. The molecule has 0 unspecified atom stereocenters. The highest BCUT2D eigenvalue weighted by Crippen LogP contribution is 2.49. The number of methoxy groups -OCH3 is 1. The van der Waals surface area contributed by atoms with Crippen LogP contribution in [0.5, 0.6) is 0 Å². The minimum Gasteiger partial charge on any atom is -0.464 e. The molecular formula is C46H59N7O6S. The van der Waals surface area contributed by atoms with Gasteiger partial charge in [0.05, 0.1) is 65.4 Å². The van der Waals surface area contributed by atoms with E-state index in [1.165, 1.54) is 33.0 Å². The summed E-state index contributed by atoms with van der Waals surface area (Å²) in [7, 11) is 1.73. The van der Waals surface area contributed by atoms with Crippen molar-refractivity contribution in [3.63, 3.8) is 0 Å². The maximum Gasteiger partial charge on any atom is 0.324 e. The number of cyclic esters (lactones) is 1. The molecule has 1 saturated carbocycles. The van der Waals surface area contributed by atoms with Crippen molar-refractivity contribution in [1.82, 2.24) is 30.3 Å². The zero-order valence-corrected chi connectivity index (χ0v) is 36.9. The Balaban J connectivity index is 1.23. The lowest BCUT2D eigenvalue weighted by Gasteiger charge is -2.36. The molecule has 3 aromatic heterocycles. The first kappa shape index (κ1) is 41.0. The molecule has 320 valence electrons. The largest absolute Gasteiger partial charge is 0.464 e. The van der Waals surface area contributed by atoms with Gasteiger partial charge in [0.2, 0.25) is 5.91 Å². The van der Waals surface area contributed by atoms with Gasteiger partial charge in [-0.2, -0.15) is 0 Å². The Hall–Kier alpha value is -4.37. The number of ether oxygens (including phenoxy) is 3. The number of esters is 1. The third kappa shape index (κ3) is 7.73. The van der Waals surface area contributed by atoms with Crippen LogP contribution in [0.2, 0.25) is 0 Å². The van der Waals surface area contributed by atoms with Crippen molar-refractivity contribution in [2.24, 2.45) is 17.3 Å². The first-order valence-electron chi connectivity index (χ1n) is 21.8. The number of amides is 2. The molecule has 2 amide bonds. The van der Waals surface area contributed by atoms with Crippen molar-refractivity contribution in [2.45, 2.75) is 110 Å². The van der Waals surface area contributed by atoms with E-state index in [0.29, 0.717) is 44.9 Å². The Kier molecular flexibility index (Phi) is 10.8. The van der Waals surface area contributed by atoms with Crippen LogP contribution in [0.1, 0.15) is 95.2 Å². The smallest absolute Gasteiger partial charge is 0.324 e. The lowest BCUT2D eigenvalue weighted by molar-refractivity contribution is -0.155. The summed E-state index contributed by atoms with van der Waals surface area (Å²) in [4.78, 5) is 54.1. The minimum absolute atomic E-state index is 0.0930. The van der Waals surface area contributed by atoms with Gasteiger partial charge in [-0.25, -0.2) is 10.4 Å². The second-order valence-corrected chi connectivity index (χ2v) is 20.0. The number of hydrogen-bond donors (Lipinski definition) is 2. The van der Waals surface area contributed by atoms with Gasteiger partial charge in [0.1, 0.15) is 12.1 Å². The van der Waals surface area contributed by atoms with Crippen LogP contribution in [0, 0.1) is 17.3 Å². The highest BCUT2D eigenvalue weighted by Gasteiger charge is 2.42. The predicted molar refractivity (Wildman–Crippen MR) is 232 cm³/mol. The number of fused-ring (bicyclic) bond motifs is 6. The number of hydrazine groups is 1. The average molecular weight is 838 g/mol. The number of pyridine rings is 1. The van der Waals surface area contributed by atoms with E-state index in [0.717, 1.165) is 76.6 Å². The fourth-order valence-corrected chi connectivity index (χ4v) is 10.5. The van der Waals surface area contributed by atoms with Gasteiger partial charge in [0.25, 0.3) is 5.91 Å². The van der Waals surface area contributed by atoms with E-state index < -0.39 is 17.5 Å². The van der Waals surface area contributed by atoms with E-state index in [1.54, 1.807) is 7.11 Å². The number of anilines is 1. The van der Waals surface area contributed by atoms with Crippen LogP contribution in [-0.2, 0) is 53.4 Å². The Morgan fingerprint density at radius 1 is 1.12 bits per heavy atom. The molecule has 14 heteroatoms. The fourth-order valence-electron chi connectivity index (χ4n) is 9.68. The van der Waals surface area contributed by atoms with E-state index in [2.05, 4.69) is 85.3 Å². The third-order valence-electron chi connectivity index (χ3n) is 13.4. The summed E-state index contributed by atoms with van der Waals surface area (Å²) in [6, 6.07) is 5.37. The summed E-state index contributed by atoms with van der Waals surface area (Å²) >= 11 is 1.51. The van der Waals surface area contributed by atoms with Crippen molar-refractivity contribution >= 4 is 45.7 Å². The Labute approximate surface area is 356 Å². The SMILES string of the molecule is CO[C@@H](C)c1ncc(N2CCOCC2)cc1-c1c2c3cc(cc4c3n1C(C)(C)CC4)-c1csc(n1)C[C@H](NC(=O)[C@H]1C[C@@H]1C)C(=O)N1CCC[C@H](N1)C(=O)OCC(C)(C)C2. The Morgan fingerprint density at radius 3 is 2.65 bits per heavy atom. The molecule has 1 aliphatic carbocycles. The molecular weight excluding hydrogens is 779 g/mol. The first-order valence-corrected chi connectivity index (χ1v) is 22.6. The van der Waals surface area contributed by atoms with Crippen molar-refractivity contribution in [3.8, 4) is 22.5 Å². The summed E-state index contributed by atoms with van der Waals surface area (Å²) < 4.78 is 20.5. The number of aromatic nitrogens is 3. The number of benzene rings is 1. The molecule has 5 aliphatic rings. The molecule has 3 fully saturated rings. The van der Waals surface area contributed by atoms with Crippen molar-refractivity contribution in [3.05, 3.63) is 51.6 Å². The fraction of sp³-hybridized carbons (Fsp3) is 0.587. The van der Waals surface area contributed by atoms with Gasteiger partial charge in [-0.05, 0) is 94.5 Å². The van der Waals surface area contributed by atoms with Gasteiger partial charge in [0.15, 0.2) is 0 Å². The summed E-state index contributed by atoms with van der Waals surface area (Å²) in [5.74, 6) is -0.560. The molecule has 9 rings (SSSR count). The number of nitrogens with zero attached hydrogens (tertiary/aromatic N) is 5. The number of hydrogen-bond acceptors (Lipinski definition) is 11. The molecule has 4 aliphatic heterocycles. The second-order valence-electron chi connectivity index (χ2n) is 19.1. The van der Waals surface area contributed by atoms with Gasteiger partial charge in [-0.15, -0.1) is 11.3 Å². The lowest BCUT2D eigenvalue weighted by Crippen LogP contribution is -2.60. The van der Waals surface area contributed by atoms with E-state index in [4.69, 9.17) is 24.2 Å². The maximum absolute atomic E-state index is 14.2. The van der Waals surface area contributed by atoms with Gasteiger partial charge in [0, 0.05) is 71.9 Å².